The number of allylic oxidation sites excluding steroid dienone is 1. The molecule has 3 aliphatic heterocycles. The molecule has 0 spiro atoms. The number of thioether (sulfide) groups is 1. The van der Waals surface area contributed by atoms with Gasteiger partial charge in [-0.1, -0.05) is 0 Å². The van der Waals surface area contributed by atoms with Gasteiger partial charge in [-0.2, -0.15) is 0 Å². The van der Waals surface area contributed by atoms with Gasteiger partial charge in [-0.05, 0) is 24.3 Å². The van der Waals surface area contributed by atoms with E-state index < -0.39 is 17.1 Å². The van der Waals surface area contributed by atoms with Gasteiger partial charge in [0.25, 0.3) is 11.8 Å². The summed E-state index contributed by atoms with van der Waals surface area (Å²) in [6.45, 7) is 1.04. The molecule has 0 aromatic heterocycles. The van der Waals surface area contributed by atoms with Crippen LogP contribution in [0.3, 0.4) is 0 Å². The lowest BCUT2D eigenvalue weighted by molar-refractivity contribution is -0.122. The van der Waals surface area contributed by atoms with Crippen molar-refractivity contribution in [2.45, 2.75) is 24.2 Å². The summed E-state index contributed by atoms with van der Waals surface area (Å²) in [4.78, 5) is 27.7. The predicted octanol–water partition coefficient (Wildman–Crippen LogP) is 0.704. The van der Waals surface area contributed by atoms with Crippen molar-refractivity contribution in [3.05, 3.63) is 22.8 Å². The molecule has 2 amide bonds. The average Bonchev–Trinajstić information content (AvgIpc) is 3.06. The van der Waals surface area contributed by atoms with E-state index in [9.17, 15) is 14.7 Å². The Bertz CT molecular complexity index is 547. The minimum absolute atomic E-state index is 0.0121. The van der Waals surface area contributed by atoms with Crippen molar-refractivity contribution in [2.24, 2.45) is 4.99 Å². The Morgan fingerprint density at radius 3 is 3.20 bits per heavy atom. The number of carbonyl (C=O) groups excluding carboxylic acids is 2. The molecule has 106 valence electrons. The lowest BCUT2D eigenvalue weighted by Gasteiger charge is -2.18. The SMILES string of the molecule is O=C1N=C2C=CSC2C(O)=C1C(=O)NCC1CCCO1. The van der Waals surface area contributed by atoms with Gasteiger partial charge < -0.3 is 15.2 Å². The molecular weight excluding hydrogens is 280 g/mol. The number of dihydropyridines is 1. The number of fused-ring (bicyclic) bond motifs is 1. The molecule has 0 radical (unpaired) electrons. The zero-order valence-corrected chi connectivity index (χ0v) is 11.5. The van der Waals surface area contributed by atoms with Crippen LogP contribution in [0, 0.1) is 0 Å². The minimum Gasteiger partial charge on any atom is -0.510 e. The highest BCUT2D eigenvalue weighted by atomic mass is 32.2. The molecule has 6 nitrogen and oxygen atoms in total. The van der Waals surface area contributed by atoms with E-state index in [1.165, 1.54) is 11.8 Å². The van der Waals surface area contributed by atoms with E-state index >= 15 is 0 Å². The van der Waals surface area contributed by atoms with E-state index in [-0.39, 0.29) is 17.4 Å². The number of nitrogens with one attached hydrogen (secondary N) is 1. The van der Waals surface area contributed by atoms with Crippen LogP contribution in [0.25, 0.3) is 0 Å². The quantitative estimate of drug-likeness (QED) is 0.748. The molecule has 0 aliphatic carbocycles. The Morgan fingerprint density at radius 1 is 1.60 bits per heavy atom. The second-order valence-electron chi connectivity index (χ2n) is 4.77. The third kappa shape index (κ3) is 2.38. The highest BCUT2D eigenvalue weighted by molar-refractivity contribution is 8.04. The predicted molar refractivity (Wildman–Crippen MR) is 74.6 cm³/mol. The van der Waals surface area contributed by atoms with E-state index in [1.807, 2.05) is 0 Å². The zero-order valence-electron chi connectivity index (χ0n) is 10.7. The zero-order chi connectivity index (χ0) is 14.1. The topological polar surface area (TPSA) is 88.0 Å². The summed E-state index contributed by atoms with van der Waals surface area (Å²) in [7, 11) is 0. The number of amides is 2. The molecule has 0 aromatic carbocycles. The summed E-state index contributed by atoms with van der Waals surface area (Å²) < 4.78 is 5.39. The lowest BCUT2D eigenvalue weighted by atomic mass is 10.0. The summed E-state index contributed by atoms with van der Waals surface area (Å²) in [6.07, 6.45) is 3.53. The van der Waals surface area contributed by atoms with E-state index in [1.54, 1.807) is 11.5 Å². The number of carbonyl (C=O) groups is 2. The van der Waals surface area contributed by atoms with Crippen molar-refractivity contribution in [1.82, 2.24) is 5.32 Å². The van der Waals surface area contributed by atoms with Gasteiger partial charge in [0.1, 0.15) is 16.6 Å². The van der Waals surface area contributed by atoms with Gasteiger partial charge in [0.05, 0.1) is 11.8 Å². The molecular formula is C13H14N2O4S. The fourth-order valence-electron chi connectivity index (χ4n) is 2.37. The Kier molecular flexibility index (Phi) is 3.62. The molecule has 0 bridgehead atoms. The van der Waals surface area contributed by atoms with Crippen molar-refractivity contribution in [3.8, 4) is 0 Å². The second-order valence-corrected chi connectivity index (χ2v) is 5.78. The first-order valence-corrected chi connectivity index (χ1v) is 7.39. The number of aliphatic imine (C=N–C) groups is 1. The fraction of sp³-hybridized carbons (Fsp3) is 0.462. The van der Waals surface area contributed by atoms with Crippen molar-refractivity contribution in [1.29, 1.82) is 0 Å². The third-order valence-corrected chi connectivity index (χ3v) is 4.44. The molecule has 20 heavy (non-hydrogen) atoms. The van der Waals surface area contributed by atoms with Crippen LogP contribution in [0.15, 0.2) is 27.8 Å². The van der Waals surface area contributed by atoms with Gasteiger partial charge in [-0.15, -0.1) is 11.8 Å². The number of ether oxygens (including phenoxy) is 1. The van der Waals surface area contributed by atoms with Crippen LogP contribution in [0.5, 0.6) is 0 Å². The molecule has 7 heteroatoms. The number of aliphatic hydroxyl groups is 1. The van der Waals surface area contributed by atoms with Crippen LogP contribution in [0.4, 0.5) is 0 Å². The minimum atomic E-state index is -0.689. The van der Waals surface area contributed by atoms with Crippen molar-refractivity contribution in [2.75, 3.05) is 13.2 Å². The molecule has 1 saturated heterocycles. The second kappa shape index (κ2) is 5.41. The van der Waals surface area contributed by atoms with E-state index in [0.29, 0.717) is 18.9 Å². The first-order valence-electron chi connectivity index (χ1n) is 6.44. The number of hydrogen-bond acceptors (Lipinski definition) is 5. The molecule has 3 aliphatic rings. The molecule has 1 fully saturated rings. The smallest absolute Gasteiger partial charge is 0.286 e. The maximum absolute atomic E-state index is 12.1. The average molecular weight is 294 g/mol. The van der Waals surface area contributed by atoms with E-state index in [2.05, 4.69) is 10.3 Å². The fourth-order valence-corrected chi connectivity index (χ4v) is 3.27. The van der Waals surface area contributed by atoms with Gasteiger partial charge in [-0.3, -0.25) is 9.59 Å². The van der Waals surface area contributed by atoms with Crippen LogP contribution < -0.4 is 5.32 Å². The summed E-state index contributed by atoms with van der Waals surface area (Å²) in [5.74, 6) is -1.48. The van der Waals surface area contributed by atoms with Crippen LogP contribution in [0.2, 0.25) is 0 Å². The first kappa shape index (κ1) is 13.4. The van der Waals surface area contributed by atoms with Crippen molar-refractivity contribution < 1.29 is 19.4 Å². The van der Waals surface area contributed by atoms with Crippen LogP contribution in [0.1, 0.15) is 12.8 Å². The third-order valence-electron chi connectivity index (χ3n) is 3.41. The number of hydrogen-bond donors (Lipinski definition) is 2. The van der Waals surface area contributed by atoms with Crippen LogP contribution >= 0.6 is 11.8 Å². The van der Waals surface area contributed by atoms with Gasteiger partial charge in [0, 0.05) is 13.2 Å². The molecule has 0 saturated carbocycles. The number of nitrogens with zero attached hydrogens (tertiary/aromatic N) is 1. The summed E-state index contributed by atoms with van der Waals surface area (Å²) in [6, 6.07) is 0. The highest BCUT2D eigenvalue weighted by Crippen LogP contribution is 2.32. The summed E-state index contributed by atoms with van der Waals surface area (Å²) in [5.41, 5.74) is 0.237. The summed E-state index contributed by atoms with van der Waals surface area (Å²) in [5, 5.41) is 14.0. The van der Waals surface area contributed by atoms with Gasteiger partial charge >= 0.3 is 0 Å². The summed E-state index contributed by atoms with van der Waals surface area (Å²) >= 11 is 1.32. The molecule has 2 unspecified atom stereocenters. The monoisotopic (exact) mass is 294 g/mol. The molecule has 3 heterocycles. The highest BCUT2D eigenvalue weighted by Gasteiger charge is 2.36. The Balaban J connectivity index is 1.70. The largest absolute Gasteiger partial charge is 0.510 e. The van der Waals surface area contributed by atoms with Gasteiger partial charge in [0.15, 0.2) is 0 Å². The maximum Gasteiger partial charge on any atom is 0.286 e. The lowest BCUT2D eigenvalue weighted by Crippen LogP contribution is -2.38. The van der Waals surface area contributed by atoms with Gasteiger partial charge in [0.2, 0.25) is 0 Å². The Morgan fingerprint density at radius 2 is 2.45 bits per heavy atom. The van der Waals surface area contributed by atoms with Crippen LogP contribution in [-0.2, 0) is 14.3 Å². The van der Waals surface area contributed by atoms with E-state index in [4.69, 9.17) is 4.74 Å². The van der Waals surface area contributed by atoms with Crippen LogP contribution in [-0.4, -0.2) is 47.1 Å². The van der Waals surface area contributed by atoms with Gasteiger partial charge in [-0.25, -0.2) is 4.99 Å². The standard InChI is InChI=1S/C13H14N2O4S/c16-10-9(12(17)14-6-7-2-1-4-19-7)13(18)15-8-3-5-20-11(8)10/h3,5,7,11,16H,1-2,4,6H2,(H,14,17). The molecule has 0 aromatic rings. The van der Waals surface area contributed by atoms with Crippen molar-refractivity contribution in [3.63, 3.8) is 0 Å². The normalized spacial score (nSPS) is 28.6. The molecule has 2 atom stereocenters. The first-order chi connectivity index (χ1) is 9.66. The molecule has 3 rings (SSSR count). The number of aliphatic hydroxyl groups excluding tert-OH is 1. The Labute approximate surface area is 120 Å². The molecule has 2 N–H and O–H groups in total. The Hall–Kier alpha value is -1.60. The maximum atomic E-state index is 12.1. The van der Waals surface area contributed by atoms with E-state index in [0.717, 1.165) is 12.8 Å². The van der Waals surface area contributed by atoms with Crippen molar-refractivity contribution >= 4 is 29.3 Å². The number of rotatable bonds is 3.